The van der Waals surface area contributed by atoms with Gasteiger partial charge in [0, 0.05) is 5.69 Å². The maximum atomic E-state index is 11.7. The van der Waals surface area contributed by atoms with Crippen LogP contribution in [0.25, 0.3) is 0 Å². The highest BCUT2D eigenvalue weighted by Crippen LogP contribution is 2.35. The van der Waals surface area contributed by atoms with Crippen LogP contribution < -0.4 is 20.2 Å². The van der Waals surface area contributed by atoms with Crippen molar-refractivity contribution >= 4 is 29.4 Å². The van der Waals surface area contributed by atoms with Crippen molar-refractivity contribution in [2.75, 3.05) is 26.1 Å². The molecular formula is C17H18ClN3O3. The predicted molar refractivity (Wildman–Crippen MR) is 95.2 cm³/mol. The molecule has 0 atom stereocenters. The summed E-state index contributed by atoms with van der Waals surface area (Å²) < 4.78 is 10.4. The number of hydrogen-bond donors (Lipinski definition) is 2. The second-order valence-corrected chi connectivity index (χ2v) is 5.16. The van der Waals surface area contributed by atoms with Crippen molar-refractivity contribution in [1.82, 2.24) is 5.43 Å². The van der Waals surface area contributed by atoms with Gasteiger partial charge in [-0.3, -0.25) is 4.79 Å². The van der Waals surface area contributed by atoms with E-state index in [0.29, 0.717) is 22.1 Å². The molecule has 0 heterocycles. The third kappa shape index (κ3) is 4.89. The van der Waals surface area contributed by atoms with Crippen molar-refractivity contribution < 1.29 is 14.3 Å². The minimum Gasteiger partial charge on any atom is -0.493 e. The van der Waals surface area contributed by atoms with Crippen LogP contribution in [0.4, 0.5) is 5.69 Å². The van der Waals surface area contributed by atoms with Gasteiger partial charge in [0.2, 0.25) is 0 Å². The van der Waals surface area contributed by atoms with Crippen LogP contribution in [0, 0.1) is 0 Å². The summed E-state index contributed by atoms with van der Waals surface area (Å²) in [4.78, 5) is 11.7. The molecule has 0 aromatic heterocycles. The van der Waals surface area contributed by atoms with E-state index in [-0.39, 0.29) is 12.5 Å². The Kier molecular flexibility index (Phi) is 6.45. The first-order valence-electron chi connectivity index (χ1n) is 7.16. The highest BCUT2D eigenvalue weighted by atomic mass is 35.5. The molecule has 6 nitrogen and oxygen atoms in total. The molecule has 2 rings (SSSR count). The van der Waals surface area contributed by atoms with Crippen molar-refractivity contribution in [3.05, 3.63) is 53.1 Å². The Morgan fingerprint density at radius 3 is 2.62 bits per heavy atom. The third-order valence-corrected chi connectivity index (χ3v) is 3.37. The standard InChI is InChI=1S/C17H18ClN3O3/c1-23-15-9-12(8-14(18)17(15)24-2)10-20-21-16(22)11-19-13-6-4-3-5-7-13/h3-10,19H,11H2,1-2H3,(H,21,22)/b20-10-. The molecule has 0 aliphatic rings. The van der Waals surface area contributed by atoms with Gasteiger partial charge in [-0.1, -0.05) is 29.8 Å². The molecule has 0 aliphatic carbocycles. The summed E-state index contributed by atoms with van der Waals surface area (Å²) in [7, 11) is 3.03. The topological polar surface area (TPSA) is 72.0 Å². The first-order valence-corrected chi connectivity index (χ1v) is 7.54. The molecule has 0 aliphatic heterocycles. The van der Waals surface area contributed by atoms with Crippen LogP contribution in [-0.2, 0) is 4.79 Å². The lowest BCUT2D eigenvalue weighted by Gasteiger charge is -2.10. The highest BCUT2D eigenvalue weighted by molar-refractivity contribution is 6.32. The van der Waals surface area contributed by atoms with Gasteiger partial charge in [0.1, 0.15) is 0 Å². The minimum absolute atomic E-state index is 0.119. The van der Waals surface area contributed by atoms with E-state index in [9.17, 15) is 4.79 Å². The van der Waals surface area contributed by atoms with Crippen molar-refractivity contribution in [3.63, 3.8) is 0 Å². The van der Waals surface area contributed by atoms with Gasteiger partial charge in [0.25, 0.3) is 5.91 Å². The molecule has 0 spiro atoms. The number of methoxy groups -OCH3 is 2. The Balaban J connectivity index is 1.91. The molecule has 2 aromatic carbocycles. The summed E-state index contributed by atoms with van der Waals surface area (Å²) in [6.07, 6.45) is 1.48. The monoisotopic (exact) mass is 347 g/mol. The van der Waals surface area contributed by atoms with E-state index in [1.807, 2.05) is 30.3 Å². The number of nitrogens with one attached hydrogen (secondary N) is 2. The van der Waals surface area contributed by atoms with E-state index < -0.39 is 0 Å². The number of rotatable bonds is 7. The minimum atomic E-state index is -0.262. The van der Waals surface area contributed by atoms with Crippen LogP contribution >= 0.6 is 11.6 Å². The van der Waals surface area contributed by atoms with Gasteiger partial charge in [0.15, 0.2) is 11.5 Å². The van der Waals surface area contributed by atoms with E-state index in [1.54, 1.807) is 12.1 Å². The van der Waals surface area contributed by atoms with Crippen molar-refractivity contribution in [3.8, 4) is 11.5 Å². The molecule has 0 radical (unpaired) electrons. The second-order valence-electron chi connectivity index (χ2n) is 4.75. The van der Waals surface area contributed by atoms with Crippen molar-refractivity contribution in [2.45, 2.75) is 0 Å². The third-order valence-electron chi connectivity index (χ3n) is 3.09. The second kappa shape index (κ2) is 8.79. The summed E-state index contributed by atoms with van der Waals surface area (Å²) in [6.45, 7) is 0.119. The number of amides is 1. The summed E-state index contributed by atoms with van der Waals surface area (Å²) in [5, 5.41) is 7.30. The zero-order chi connectivity index (χ0) is 17.4. The Morgan fingerprint density at radius 1 is 1.21 bits per heavy atom. The van der Waals surface area contributed by atoms with Gasteiger partial charge < -0.3 is 14.8 Å². The van der Waals surface area contributed by atoms with Gasteiger partial charge in [-0.05, 0) is 29.8 Å². The molecule has 126 valence electrons. The first kappa shape index (κ1) is 17.6. The van der Waals surface area contributed by atoms with Crippen LogP contribution in [0.1, 0.15) is 5.56 Å². The van der Waals surface area contributed by atoms with E-state index in [4.69, 9.17) is 21.1 Å². The van der Waals surface area contributed by atoms with E-state index >= 15 is 0 Å². The lowest BCUT2D eigenvalue weighted by atomic mass is 10.2. The number of ether oxygens (including phenoxy) is 2. The SMILES string of the molecule is COc1cc(/C=N\NC(=O)CNc2ccccc2)cc(Cl)c1OC. The zero-order valence-electron chi connectivity index (χ0n) is 13.4. The van der Waals surface area contributed by atoms with E-state index in [0.717, 1.165) is 5.69 Å². The van der Waals surface area contributed by atoms with Crippen LogP contribution in [-0.4, -0.2) is 32.9 Å². The van der Waals surface area contributed by atoms with Gasteiger partial charge in [-0.25, -0.2) is 5.43 Å². The van der Waals surface area contributed by atoms with Crippen molar-refractivity contribution in [1.29, 1.82) is 0 Å². The van der Waals surface area contributed by atoms with Gasteiger partial charge in [-0.15, -0.1) is 0 Å². The van der Waals surface area contributed by atoms with Crippen LogP contribution in [0.5, 0.6) is 11.5 Å². The number of benzene rings is 2. The first-order chi connectivity index (χ1) is 11.6. The molecule has 2 aromatic rings. The van der Waals surface area contributed by atoms with Crippen LogP contribution in [0.3, 0.4) is 0 Å². The number of hydrazone groups is 1. The Labute approximate surface area is 145 Å². The molecule has 24 heavy (non-hydrogen) atoms. The molecule has 0 fully saturated rings. The number of carbonyl (C=O) groups is 1. The number of nitrogens with zero attached hydrogens (tertiary/aromatic N) is 1. The highest BCUT2D eigenvalue weighted by Gasteiger charge is 2.10. The lowest BCUT2D eigenvalue weighted by Crippen LogP contribution is -2.25. The fourth-order valence-electron chi connectivity index (χ4n) is 1.97. The van der Waals surface area contributed by atoms with Gasteiger partial charge in [-0.2, -0.15) is 5.10 Å². The fraction of sp³-hybridized carbons (Fsp3) is 0.176. The molecule has 0 saturated heterocycles. The van der Waals surface area contributed by atoms with E-state index in [2.05, 4.69) is 15.8 Å². The summed E-state index contributed by atoms with van der Waals surface area (Å²) in [5.74, 6) is 0.678. The molecule has 7 heteroatoms. The molecule has 1 amide bonds. The zero-order valence-corrected chi connectivity index (χ0v) is 14.1. The van der Waals surface area contributed by atoms with Gasteiger partial charge >= 0.3 is 0 Å². The molecule has 2 N–H and O–H groups in total. The average molecular weight is 348 g/mol. The maximum Gasteiger partial charge on any atom is 0.259 e. The number of halogens is 1. The number of hydrogen-bond acceptors (Lipinski definition) is 5. The predicted octanol–water partition coefficient (Wildman–Crippen LogP) is 2.92. The Morgan fingerprint density at radius 2 is 1.96 bits per heavy atom. The van der Waals surface area contributed by atoms with Gasteiger partial charge in [0.05, 0.1) is 32.0 Å². The Bertz CT molecular complexity index is 721. The summed E-state index contributed by atoms with van der Waals surface area (Å²) >= 11 is 6.11. The average Bonchev–Trinajstić information content (AvgIpc) is 2.60. The summed E-state index contributed by atoms with van der Waals surface area (Å²) in [5.41, 5.74) is 3.98. The molecule has 0 bridgehead atoms. The smallest absolute Gasteiger partial charge is 0.259 e. The van der Waals surface area contributed by atoms with Crippen molar-refractivity contribution in [2.24, 2.45) is 5.10 Å². The summed E-state index contributed by atoms with van der Waals surface area (Å²) in [6, 6.07) is 12.8. The fourth-order valence-corrected chi connectivity index (χ4v) is 2.27. The van der Waals surface area contributed by atoms with Crippen LogP contribution in [0.2, 0.25) is 5.02 Å². The normalized spacial score (nSPS) is 10.5. The quantitative estimate of drug-likeness (QED) is 0.596. The number of anilines is 1. The maximum absolute atomic E-state index is 11.7. The Hall–Kier alpha value is -2.73. The van der Waals surface area contributed by atoms with Crippen LogP contribution in [0.15, 0.2) is 47.6 Å². The molecule has 0 unspecified atom stereocenters. The molecular weight excluding hydrogens is 330 g/mol. The lowest BCUT2D eigenvalue weighted by molar-refractivity contribution is -0.119. The largest absolute Gasteiger partial charge is 0.493 e. The number of para-hydroxylation sites is 1. The molecule has 0 saturated carbocycles. The van der Waals surface area contributed by atoms with E-state index in [1.165, 1.54) is 20.4 Å². The number of carbonyl (C=O) groups excluding carboxylic acids is 1.